The van der Waals surface area contributed by atoms with Crippen LogP contribution in [-0.2, 0) is 0 Å². The number of halogens is 1. The zero-order chi connectivity index (χ0) is 11.7. The maximum Gasteiger partial charge on any atom is 0.188 e. The number of hydrogen-bond acceptors (Lipinski definition) is 2. The second-order valence-electron chi connectivity index (χ2n) is 4.12. The van der Waals surface area contributed by atoms with E-state index in [1.807, 2.05) is 6.08 Å². The summed E-state index contributed by atoms with van der Waals surface area (Å²) < 4.78 is 13.4. The molecule has 0 saturated carbocycles. The highest BCUT2D eigenvalue weighted by Gasteiger charge is 2.17. The van der Waals surface area contributed by atoms with E-state index >= 15 is 0 Å². The number of nitrogens with two attached hydrogens (primary N) is 1. The van der Waals surface area contributed by atoms with Gasteiger partial charge in [0.25, 0.3) is 0 Å². The van der Waals surface area contributed by atoms with E-state index in [1.54, 1.807) is 13.0 Å². The van der Waals surface area contributed by atoms with Crippen LogP contribution in [0.5, 0.6) is 0 Å². The summed E-state index contributed by atoms with van der Waals surface area (Å²) >= 11 is 0. The molecule has 3 heteroatoms. The van der Waals surface area contributed by atoms with E-state index in [-0.39, 0.29) is 5.78 Å². The van der Waals surface area contributed by atoms with E-state index in [4.69, 9.17) is 5.73 Å². The molecule has 0 fully saturated rings. The molecule has 0 atom stereocenters. The van der Waals surface area contributed by atoms with Gasteiger partial charge >= 0.3 is 0 Å². The van der Waals surface area contributed by atoms with Gasteiger partial charge in [-0.05, 0) is 43.9 Å². The van der Waals surface area contributed by atoms with E-state index in [1.165, 1.54) is 6.07 Å². The van der Waals surface area contributed by atoms with Crippen LogP contribution in [0.2, 0.25) is 0 Å². The smallest absolute Gasteiger partial charge is 0.188 e. The molecule has 2 N–H and O–H groups in total. The number of ketones is 1. The summed E-state index contributed by atoms with van der Waals surface area (Å²) in [7, 11) is 0. The van der Waals surface area contributed by atoms with E-state index < -0.39 is 5.82 Å². The topological polar surface area (TPSA) is 43.1 Å². The fourth-order valence-corrected chi connectivity index (χ4v) is 1.89. The summed E-state index contributed by atoms with van der Waals surface area (Å²) in [6, 6.07) is 2.83. The lowest BCUT2D eigenvalue weighted by atomic mass is 10.0. The lowest BCUT2D eigenvalue weighted by molar-refractivity contribution is 0.103. The molecule has 0 radical (unpaired) electrons. The molecular formula is C13H14FNO. The van der Waals surface area contributed by atoms with Gasteiger partial charge in [0, 0.05) is 16.8 Å². The Bertz CT molecular complexity index is 454. The van der Waals surface area contributed by atoms with E-state index in [2.05, 4.69) is 0 Å². The first-order valence-electron chi connectivity index (χ1n) is 5.39. The third-order valence-electron chi connectivity index (χ3n) is 2.98. The van der Waals surface area contributed by atoms with Crippen molar-refractivity contribution in [2.75, 3.05) is 5.73 Å². The molecule has 0 aliphatic heterocycles. The van der Waals surface area contributed by atoms with Crippen LogP contribution in [0.1, 0.15) is 35.2 Å². The number of anilines is 1. The second kappa shape index (κ2) is 4.08. The minimum absolute atomic E-state index is 0.0944. The zero-order valence-electron chi connectivity index (χ0n) is 9.22. The van der Waals surface area contributed by atoms with Gasteiger partial charge in [-0.15, -0.1) is 0 Å². The van der Waals surface area contributed by atoms with E-state index in [0.717, 1.165) is 24.8 Å². The van der Waals surface area contributed by atoms with Crippen LogP contribution in [-0.4, -0.2) is 5.78 Å². The Morgan fingerprint density at radius 3 is 2.75 bits per heavy atom. The monoisotopic (exact) mass is 219 g/mol. The van der Waals surface area contributed by atoms with Crippen LogP contribution in [0.25, 0.3) is 0 Å². The van der Waals surface area contributed by atoms with Gasteiger partial charge in [-0.3, -0.25) is 4.79 Å². The quantitative estimate of drug-likeness (QED) is 0.613. The van der Waals surface area contributed by atoms with Gasteiger partial charge in [0.05, 0.1) is 0 Å². The number of Topliss-reactive ketones (excluding diaryl/α,β-unsaturated/α-hetero) is 1. The molecule has 0 unspecified atom stereocenters. The number of carbonyl (C=O) groups is 1. The van der Waals surface area contributed by atoms with E-state index in [9.17, 15) is 9.18 Å². The molecule has 2 rings (SSSR count). The second-order valence-corrected chi connectivity index (χ2v) is 4.12. The Hall–Kier alpha value is -1.64. The van der Waals surface area contributed by atoms with E-state index in [0.29, 0.717) is 16.8 Å². The summed E-state index contributed by atoms with van der Waals surface area (Å²) in [5.41, 5.74) is 7.52. The highest BCUT2D eigenvalue weighted by Crippen LogP contribution is 2.24. The highest BCUT2D eigenvalue weighted by molar-refractivity contribution is 6.09. The minimum atomic E-state index is -0.415. The summed E-state index contributed by atoms with van der Waals surface area (Å²) in [6.07, 6.45) is 4.65. The predicted octanol–water partition coefficient (Wildman–Crippen LogP) is 3.01. The average Bonchev–Trinajstić information content (AvgIpc) is 2.77. The first-order chi connectivity index (χ1) is 7.59. The van der Waals surface area contributed by atoms with Crippen molar-refractivity contribution >= 4 is 11.5 Å². The molecule has 1 aromatic carbocycles. The number of allylic oxidation sites excluding steroid dienone is 2. The number of hydrogen-bond donors (Lipinski definition) is 1. The highest BCUT2D eigenvalue weighted by atomic mass is 19.1. The van der Waals surface area contributed by atoms with Crippen molar-refractivity contribution < 1.29 is 9.18 Å². The molecule has 1 aliphatic rings. The molecule has 1 aliphatic carbocycles. The molecule has 84 valence electrons. The van der Waals surface area contributed by atoms with Crippen molar-refractivity contribution in [3.05, 3.63) is 40.7 Å². The largest absolute Gasteiger partial charge is 0.398 e. The Morgan fingerprint density at radius 2 is 2.19 bits per heavy atom. The molecule has 0 amide bonds. The Kier molecular flexibility index (Phi) is 2.77. The van der Waals surface area contributed by atoms with Crippen molar-refractivity contribution in [1.29, 1.82) is 0 Å². The van der Waals surface area contributed by atoms with Gasteiger partial charge in [-0.2, -0.15) is 0 Å². The molecule has 16 heavy (non-hydrogen) atoms. The number of carbonyl (C=O) groups excluding carboxylic acids is 1. The third-order valence-corrected chi connectivity index (χ3v) is 2.98. The number of benzene rings is 1. The van der Waals surface area contributed by atoms with Crippen molar-refractivity contribution in [3.63, 3.8) is 0 Å². The molecule has 1 aromatic rings. The maximum absolute atomic E-state index is 13.4. The third kappa shape index (κ3) is 1.85. The van der Waals surface area contributed by atoms with Gasteiger partial charge in [0.15, 0.2) is 5.78 Å². The number of nitrogen functional groups attached to an aromatic ring is 1. The van der Waals surface area contributed by atoms with Gasteiger partial charge in [-0.1, -0.05) is 6.08 Å². The molecule has 0 saturated heterocycles. The summed E-state index contributed by atoms with van der Waals surface area (Å²) in [5.74, 6) is -0.509. The Labute approximate surface area is 94.0 Å². The summed E-state index contributed by atoms with van der Waals surface area (Å²) in [4.78, 5) is 12.0. The lowest BCUT2D eigenvalue weighted by Crippen LogP contribution is -2.05. The van der Waals surface area contributed by atoms with Crippen LogP contribution in [0.4, 0.5) is 10.1 Å². The summed E-state index contributed by atoms with van der Waals surface area (Å²) in [6.45, 7) is 1.60. The van der Waals surface area contributed by atoms with Crippen molar-refractivity contribution in [1.82, 2.24) is 0 Å². The normalized spacial score (nSPS) is 15.0. The Morgan fingerprint density at radius 1 is 1.44 bits per heavy atom. The molecule has 0 bridgehead atoms. The number of rotatable bonds is 2. The summed E-state index contributed by atoms with van der Waals surface area (Å²) in [5, 5.41) is 0. The SMILES string of the molecule is Cc1c(N)cc(C(=O)C2=CCCC2)cc1F. The maximum atomic E-state index is 13.4. The van der Waals surface area contributed by atoms with Gasteiger partial charge in [0.2, 0.25) is 0 Å². The fourth-order valence-electron chi connectivity index (χ4n) is 1.89. The van der Waals surface area contributed by atoms with Gasteiger partial charge < -0.3 is 5.73 Å². The molecular weight excluding hydrogens is 205 g/mol. The van der Waals surface area contributed by atoms with Gasteiger partial charge in [-0.25, -0.2) is 4.39 Å². The molecule has 2 nitrogen and oxygen atoms in total. The van der Waals surface area contributed by atoms with Crippen molar-refractivity contribution in [2.24, 2.45) is 0 Å². The fraction of sp³-hybridized carbons (Fsp3) is 0.308. The van der Waals surface area contributed by atoms with Crippen LogP contribution in [0.3, 0.4) is 0 Å². The Balaban J connectivity index is 2.37. The first-order valence-corrected chi connectivity index (χ1v) is 5.39. The molecule has 0 heterocycles. The van der Waals surface area contributed by atoms with Crippen LogP contribution >= 0.6 is 0 Å². The average molecular weight is 219 g/mol. The van der Waals surface area contributed by atoms with Crippen LogP contribution < -0.4 is 5.73 Å². The lowest BCUT2D eigenvalue weighted by Gasteiger charge is -2.06. The zero-order valence-corrected chi connectivity index (χ0v) is 9.22. The predicted molar refractivity (Wildman–Crippen MR) is 61.8 cm³/mol. The minimum Gasteiger partial charge on any atom is -0.398 e. The van der Waals surface area contributed by atoms with Crippen molar-refractivity contribution in [2.45, 2.75) is 26.2 Å². The van der Waals surface area contributed by atoms with Gasteiger partial charge in [0.1, 0.15) is 5.82 Å². The van der Waals surface area contributed by atoms with Crippen molar-refractivity contribution in [3.8, 4) is 0 Å². The standard InChI is InChI=1S/C13H14FNO/c1-8-11(14)6-10(7-12(8)15)13(16)9-4-2-3-5-9/h4,6-7H,2-3,5,15H2,1H3. The molecule has 0 spiro atoms. The molecule has 0 aromatic heterocycles. The van der Waals surface area contributed by atoms with Crippen LogP contribution in [0, 0.1) is 12.7 Å². The van der Waals surface area contributed by atoms with Crippen LogP contribution in [0.15, 0.2) is 23.8 Å². The first kappa shape index (κ1) is 10.9.